The molecule has 0 radical (unpaired) electrons. The first-order valence-corrected chi connectivity index (χ1v) is 6.22. The molecule has 0 spiro atoms. The molecule has 1 unspecified atom stereocenters. The molecule has 0 bridgehead atoms. The summed E-state index contributed by atoms with van der Waals surface area (Å²) >= 11 is 0. The molecule has 0 aliphatic heterocycles. The number of pyridine rings is 1. The molecule has 21 heavy (non-hydrogen) atoms. The number of ketones is 1. The summed E-state index contributed by atoms with van der Waals surface area (Å²) in [5.41, 5.74) is 1.45. The van der Waals surface area contributed by atoms with E-state index in [0.717, 1.165) is 12.5 Å². The van der Waals surface area contributed by atoms with Crippen molar-refractivity contribution in [2.75, 3.05) is 0 Å². The Labute approximate surface area is 118 Å². The number of halogens is 3. The van der Waals surface area contributed by atoms with Gasteiger partial charge in [-0.05, 0) is 25.0 Å². The summed E-state index contributed by atoms with van der Waals surface area (Å²) in [6.45, 7) is 2.98. The molecule has 0 aromatic carbocycles. The van der Waals surface area contributed by atoms with Gasteiger partial charge < -0.3 is 4.52 Å². The zero-order chi connectivity index (χ0) is 15.6. The molecular weight excluding hydrogens is 287 g/mol. The highest BCUT2D eigenvalue weighted by molar-refractivity contribution is 5.89. The van der Waals surface area contributed by atoms with Gasteiger partial charge in [-0.2, -0.15) is 18.2 Å². The lowest BCUT2D eigenvalue weighted by molar-refractivity contribution is -0.172. The van der Waals surface area contributed by atoms with Gasteiger partial charge in [0.1, 0.15) is 5.92 Å². The second-order valence-corrected chi connectivity index (χ2v) is 4.43. The van der Waals surface area contributed by atoms with E-state index in [2.05, 4.69) is 15.1 Å². The van der Waals surface area contributed by atoms with Crippen molar-refractivity contribution in [1.29, 1.82) is 0 Å². The van der Waals surface area contributed by atoms with Crippen molar-refractivity contribution in [2.24, 2.45) is 0 Å². The molecule has 5 nitrogen and oxygen atoms in total. The van der Waals surface area contributed by atoms with Crippen LogP contribution in [0.2, 0.25) is 0 Å². The maximum atomic E-state index is 12.4. The standard InChI is InChI=1S/C13H12F3N3O2/c1-3-8-6-17-5-4-9(8)11-18-12(21-19-11)7(2)10(20)13(14,15)16/h4-7H,3H2,1-2H3. The lowest BCUT2D eigenvalue weighted by Gasteiger charge is -2.08. The van der Waals surface area contributed by atoms with E-state index in [4.69, 9.17) is 4.52 Å². The zero-order valence-corrected chi connectivity index (χ0v) is 11.3. The van der Waals surface area contributed by atoms with Crippen LogP contribution in [-0.4, -0.2) is 27.1 Å². The quantitative estimate of drug-likeness (QED) is 0.868. The van der Waals surface area contributed by atoms with Crippen LogP contribution < -0.4 is 0 Å². The molecule has 0 saturated carbocycles. The monoisotopic (exact) mass is 299 g/mol. The maximum Gasteiger partial charge on any atom is 0.450 e. The number of nitrogens with zero attached hydrogens (tertiary/aromatic N) is 3. The summed E-state index contributed by atoms with van der Waals surface area (Å²) in [4.78, 5) is 19.0. The number of carbonyl (C=O) groups is 1. The highest BCUT2D eigenvalue weighted by Gasteiger charge is 2.44. The van der Waals surface area contributed by atoms with E-state index in [1.807, 2.05) is 6.92 Å². The van der Waals surface area contributed by atoms with Crippen LogP contribution in [0.15, 0.2) is 23.0 Å². The molecule has 8 heteroatoms. The number of rotatable bonds is 4. The Balaban J connectivity index is 2.32. The normalized spacial score (nSPS) is 13.2. The summed E-state index contributed by atoms with van der Waals surface area (Å²) in [5, 5.41) is 3.65. The van der Waals surface area contributed by atoms with Crippen molar-refractivity contribution < 1.29 is 22.5 Å². The highest BCUT2D eigenvalue weighted by Crippen LogP contribution is 2.28. The molecule has 112 valence electrons. The van der Waals surface area contributed by atoms with Gasteiger partial charge in [0.05, 0.1) is 0 Å². The van der Waals surface area contributed by atoms with Crippen LogP contribution in [0.25, 0.3) is 11.4 Å². The number of aryl methyl sites for hydroxylation is 1. The van der Waals surface area contributed by atoms with Crippen LogP contribution in [0.3, 0.4) is 0 Å². The van der Waals surface area contributed by atoms with Crippen molar-refractivity contribution in [3.8, 4) is 11.4 Å². The first kappa shape index (κ1) is 15.1. The average Bonchev–Trinajstić information content (AvgIpc) is 2.94. The Morgan fingerprint density at radius 1 is 1.43 bits per heavy atom. The Morgan fingerprint density at radius 3 is 2.76 bits per heavy atom. The summed E-state index contributed by atoms with van der Waals surface area (Å²) in [6.07, 6.45) is -1.13. The van der Waals surface area contributed by atoms with Gasteiger partial charge in [-0.3, -0.25) is 9.78 Å². The van der Waals surface area contributed by atoms with Crippen LogP contribution >= 0.6 is 0 Å². The summed E-state index contributed by atoms with van der Waals surface area (Å²) in [6, 6.07) is 1.64. The molecule has 2 rings (SSSR count). The van der Waals surface area contributed by atoms with Gasteiger partial charge in [-0.1, -0.05) is 12.1 Å². The first-order valence-electron chi connectivity index (χ1n) is 6.22. The Kier molecular flexibility index (Phi) is 4.06. The third-order valence-corrected chi connectivity index (χ3v) is 3.01. The predicted octanol–water partition coefficient (Wildman–Crippen LogP) is 2.93. The molecular formula is C13H12F3N3O2. The number of hydrogen-bond acceptors (Lipinski definition) is 5. The van der Waals surface area contributed by atoms with E-state index in [1.165, 1.54) is 6.20 Å². The minimum atomic E-state index is -4.93. The summed E-state index contributed by atoms with van der Waals surface area (Å²) in [5.74, 6) is -3.65. The minimum absolute atomic E-state index is 0.145. The number of carbonyl (C=O) groups excluding carboxylic acids is 1. The SMILES string of the molecule is CCc1cnccc1-c1noc(C(C)C(=O)C(F)(F)F)n1. The fourth-order valence-corrected chi connectivity index (χ4v) is 1.81. The fraction of sp³-hybridized carbons (Fsp3) is 0.385. The zero-order valence-electron chi connectivity index (χ0n) is 11.3. The molecule has 0 aliphatic rings. The third kappa shape index (κ3) is 3.09. The minimum Gasteiger partial charge on any atom is -0.338 e. The topological polar surface area (TPSA) is 68.9 Å². The van der Waals surface area contributed by atoms with Gasteiger partial charge in [0.2, 0.25) is 17.5 Å². The van der Waals surface area contributed by atoms with Gasteiger partial charge in [-0.25, -0.2) is 0 Å². The second kappa shape index (κ2) is 5.63. The molecule has 2 aromatic rings. The number of hydrogen-bond donors (Lipinski definition) is 0. The Bertz CT molecular complexity index is 652. The maximum absolute atomic E-state index is 12.4. The number of alkyl halides is 3. The van der Waals surface area contributed by atoms with Crippen molar-refractivity contribution in [2.45, 2.75) is 32.4 Å². The average molecular weight is 299 g/mol. The lowest BCUT2D eigenvalue weighted by atomic mass is 10.1. The molecule has 0 fully saturated rings. The third-order valence-electron chi connectivity index (χ3n) is 3.01. The van der Waals surface area contributed by atoms with E-state index in [0.29, 0.717) is 12.0 Å². The van der Waals surface area contributed by atoms with Gasteiger partial charge in [-0.15, -0.1) is 0 Å². The van der Waals surface area contributed by atoms with Crippen LogP contribution in [0.4, 0.5) is 13.2 Å². The molecule has 0 saturated heterocycles. The van der Waals surface area contributed by atoms with Gasteiger partial charge in [0, 0.05) is 18.0 Å². The van der Waals surface area contributed by atoms with Crippen molar-refractivity contribution in [1.82, 2.24) is 15.1 Å². The van der Waals surface area contributed by atoms with Gasteiger partial charge in [0.15, 0.2) is 0 Å². The molecule has 2 aromatic heterocycles. The van der Waals surface area contributed by atoms with Crippen LogP contribution in [0.1, 0.15) is 31.2 Å². The molecule has 0 N–H and O–H groups in total. The van der Waals surface area contributed by atoms with E-state index < -0.39 is 17.9 Å². The van der Waals surface area contributed by atoms with E-state index in [1.54, 1.807) is 12.3 Å². The van der Waals surface area contributed by atoms with Crippen LogP contribution in [0, 0.1) is 0 Å². The van der Waals surface area contributed by atoms with Crippen molar-refractivity contribution >= 4 is 5.78 Å². The summed E-state index contributed by atoms with van der Waals surface area (Å²) < 4.78 is 42.0. The van der Waals surface area contributed by atoms with E-state index >= 15 is 0 Å². The van der Waals surface area contributed by atoms with Crippen molar-refractivity contribution in [3.63, 3.8) is 0 Å². The summed E-state index contributed by atoms with van der Waals surface area (Å²) in [7, 11) is 0. The molecule has 1 atom stereocenters. The van der Waals surface area contributed by atoms with Gasteiger partial charge >= 0.3 is 6.18 Å². The second-order valence-electron chi connectivity index (χ2n) is 4.43. The molecule has 0 amide bonds. The number of aromatic nitrogens is 3. The largest absolute Gasteiger partial charge is 0.450 e. The van der Waals surface area contributed by atoms with E-state index in [9.17, 15) is 18.0 Å². The molecule has 0 aliphatic carbocycles. The Hall–Kier alpha value is -2.25. The van der Waals surface area contributed by atoms with Crippen molar-refractivity contribution in [3.05, 3.63) is 29.9 Å². The smallest absolute Gasteiger partial charge is 0.338 e. The Morgan fingerprint density at radius 2 is 2.14 bits per heavy atom. The van der Waals surface area contributed by atoms with Crippen LogP contribution in [-0.2, 0) is 11.2 Å². The van der Waals surface area contributed by atoms with Crippen LogP contribution in [0.5, 0.6) is 0 Å². The van der Waals surface area contributed by atoms with Gasteiger partial charge in [0.25, 0.3) is 0 Å². The lowest BCUT2D eigenvalue weighted by Crippen LogP contribution is -2.27. The first-order chi connectivity index (χ1) is 9.84. The molecule has 2 heterocycles. The predicted molar refractivity (Wildman–Crippen MR) is 66.4 cm³/mol. The fourth-order valence-electron chi connectivity index (χ4n) is 1.81. The highest BCUT2D eigenvalue weighted by atomic mass is 19.4. The van der Waals surface area contributed by atoms with E-state index in [-0.39, 0.29) is 11.7 Å². The number of Topliss-reactive ketones (excluding diaryl/α,β-unsaturated/α-hetero) is 1.